The largest absolute Gasteiger partial charge is 0.467 e. The zero-order valence-electron chi connectivity index (χ0n) is 11.3. The summed E-state index contributed by atoms with van der Waals surface area (Å²) in [5.74, 6) is -0.496. The van der Waals surface area contributed by atoms with Crippen molar-refractivity contribution in [3.05, 3.63) is 60.2 Å². The highest BCUT2D eigenvalue weighted by Crippen LogP contribution is 2.17. The highest BCUT2D eigenvalue weighted by molar-refractivity contribution is 5.56. The van der Waals surface area contributed by atoms with Crippen LogP contribution in [0.25, 0.3) is 0 Å². The normalized spacial score (nSPS) is 10.5. The van der Waals surface area contributed by atoms with Gasteiger partial charge in [0, 0.05) is 11.8 Å². The minimum Gasteiger partial charge on any atom is -0.467 e. The molecule has 0 fully saturated rings. The lowest BCUT2D eigenvalue weighted by Gasteiger charge is -2.07. The SMILES string of the molecule is Fc1ccc(Nc2cnnc(NCc3ccco3)n2)cc1F. The maximum atomic E-state index is 13.2. The molecule has 0 saturated carbocycles. The average Bonchev–Trinajstić information content (AvgIpc) is 3.03. The van der Waals surface area contributed by atoms with Crippen molar-refractivity contribution in [2.75, 3.05) is 10.6 Å². The zero-order valence-corrected chi connectivity index (χ0v) is 11.3. The fraction of sp³-hybridized carbons (Fsp3) is 0.0714. The summed E-state index contributed by atoms with van der Waals surface area (Å²) < 4.78 is 31.2. The molecule has 0 atom stereocenters. The molecule has 0 bridgehead atoms. The van der Waals surface area contributed by atoms with E-state index in [0.29, 0.717) is 18.1 Å². The van der Waals surface area contributed by atoms with Crippen molar-refractivity contribution >= 4 is 17.5 Å². The van der Waals surface area contributed by atoms with E-state index >= 15 is 0 Å². The summed E-state index contributed by atoms with van der Waals surface area (Å²) in [6, 6.07) is 7.05. The molecule has 1 aromatic carbocycles. The fourth-order valence-corrected chi connectivity index (χ4v) is 1.74. The first-order chi connectivity index (χ1) is 10.7. The summed E-state index contributed by atoms with van der Waals surface area (Å²) >= 11 is 0. The number of hydrogen-bond donors (Lipinski definition) is 2. The topological polar surface area (TPSA) is 75.9 Å². The van der Waals surface area contributed by atoms with E-state index in [-0.39, 0.29) is 5.95 Å². The van der Waals surface area contributed by atoms with Gasteiger partial charge in [0.1, 0.15) is 5.76 Å². The number of aromatic nitrogens is 3. The van der Waals surface area contributed by atoms with Gasteiger partial charge in [0.2, 0.25) is 5.95 Å². The van der Waals surface area contributed by atoms with E-state index in [2.05, 4.69) is 25.8 Å². The van der Waals surface area contributed by atoms with Crippen molar-refractivity contribution < 1.29 is 13.2 Å². The molecular weight excluding hydrogens is 292 g/mol. The Morgan fingerprint density at radius 1 is 1.14 bits per heavy atom. The molecule has 2 N–H and O–H groups in total. The maximum Gasteiger partial charge on any atom is 0.245 e. The molecule has 0 amide bonds. The van der Waals surface area contributed by atoms with Gasteiger partial charge in [-0.2, -0.15) is 10.1 Å². The molecule has 22 heavy (non-hydrogen) atoms. The van der Waals surface area contributed by atoms with E-state index < -0.39 is 11.6 Å². The van der Waals surface area contributed by atoms with Crippen molar-refractivity contribution in [2.24, 2.45) is 0 Å². The summed E-state index contributed by atoms with van der Waals surface area (Å²) in [5.41, 5.74) is 0.358. The predicted octanol–water partition coefficient (Wildman–Crippen LogP) is 3.10. The van der Waals surface area contributed by atoms with Crippen LogP contribution in [0.4, 0.5) is 26.2 Å². The standard InChI is InChI=1S/C14H11F2N5O/c15-11-4-3-9(6-12(11)16)19-13-8-18-21-14(20-13)17-7-10-2-1-5-22-10/h1-6,8H,7H2,(H2,17,19,20,21). The molecular formula is C14H11F2N5O. The Labute approximate surface area is 124 Å². The van der Waals surface area contributed by atoms with Gasteiger partial charge in [0.05, 0.1) is 19.0 Å². The van der Waals surface area contributed by atoms with E-state index in [1.807, 2.05) is 6.07 Å². The van der Waals surface area contributed by atoms with Gasteiger partial charge in [0.15, 0.2) is 17.5 Å². The van der Waals surface area contributed by atoms with Gasteiger partial charge < -0.3 is 15.1 Å². The molecule has 0 aliphatic carbocycles. The maximum absolute atomic E-state index is 13.2. The molecule has 3 rings (SSSR count). The lowest BCUT2D eigenvalue weighted by molar-refractivity contribution is 0.509. The van der Waals surface area contributed by atoms with Crippen LogP contribution in [-0.2, 0) is 6.54 Å². The molecule has 0 spiro atoms. The van der Waals surface area contributed by atoms with Crippen LogP contribution in [0.3, 0.4) is 0 Å². The van der Waals surface area contributed by atoms with E-state index in [9.17, 15) is 8.78 Å². The van der Waals surface area contributed by atoms with Crippen LogP contribution in [0.5, 0.6) is 0 Å². The van der Waals surface area contributed by atoms with Crippen molar-refractivity contribution in [1.82, 2.24) is 15.2 Å². The summed E-state index contributed by atoms with van der Waals surface area (Å²) in [7, 11) is 0. The molecule has 0 aliphatic heterocycles. The quantitative estimate of drug-likeness (QED) is 0.754. The van der Waals surface area contributed by atoms with Gasteiger partial charge in [-0.05, 0) is 24.3 Å². The Balaban J connectivity index is 1.69. The first kappa shape index (κ1) is 13.9. The lowest BCUT2D eigenvalue weighted by Crippen LogP contribution is -2.06. The fourth-order valence-electron chi connectivity index (χ4n) is 1.74. The highest BCUT2D eigenvalue weighted by Gasteiger charge is 2.05. The molecule has 0 unspecified atom stereocenters. The van der Waals surface area contributed by atoms with Crippen LogP contribution in [-0.4, -0.2) is 15.2 Å². The second-order valence-corrected chi connectivity index (χ2v) is 4.35. The molecule has 2 aromatic heterocycles. The Morgan fingerprint density at radius 2 is 2.05 bits per heavy atom. The van der Waals surface area contributed by atoms with E-state index in [0.717, 1.165) is 17.9 Å². The summed E-state index contributed by atoms with van der Waals surface area (Å²) in [4.78, 5) is 4.17. The monoisotopic (exact) mass is 303 g/mol. The van der Waals surface area contributed by atoms with Crippen LogP contribution in [0.1, 0.15) is 5.76 Å². The minimum absolute atomic E-state index is 0.281. The molecule has 0 radical (unpaired) electrons. The van der Waals surface area contributed by atoms with Gasteiger partial charge in [-0.15, -0.1) is 5.10 Å². The lowest BCUT2D eigenvalue weighted by atomic mass is 10.3. The third kappa shape index (κ3) is 3.35. The summed E-state index contributed by atoms with van der Waals surface area (Å²) in [6.07, 6.45) is 2.94. The van der Waals surface area contributed by atoms with Gasteiger partial charge in [0.25, 0.3) is 0 Å². The van der Waals surface area contributed by atoms with Crippen molar-refractivity contribution in [2.45, 2.75) is 6.54 Å². The molecule has 8 heteroatoms. The zero-order chi connectivity index (χ0) is 15.4. The van der Waals surface area contributed by atoms with Crippen molar-refractivity contribution in [1.29, 1.82) is 0 Å². The van der Waals surface area contributed by atoms with Crippen LogP contribution >= 0.6 is 0 Å². The molecule has 0 saturated heterocycles. The van der Waals surface area contributed by atoms with Crippen LogP contribution in [0, 0.1) is 11.6 Å². The second kappa shape index (κ2) is 6.17. The Kier molecular flexibility index (Phi) is 3.90. The number of hydrogen-bond acceptors (Lipinski definition) is 6. The molecule has 0 aliphatic rings. The van der Waals surface area contributed by atoms with Gasteiger partial charge in [-0.1, -0.05) is 0 Å². The van der Waals surface area contributed by atoms with Crippen LogP contribution < -0.4 is 10.6 Å². The Bertz CT molecular complexity index is 764. The number of halogens is 2. The number of anilines is 3. The van der Waals surface area contributed by atoms with Crippen molar-refractivity contribution in [3.8, 4) is 0 Å². The third-order valence-corrected chi connectivity index (χ3v) is 2.75. The van der Waals surface area contributed by atoms with Gasteiger partial charge in [-0.25, -0.2) is 8.78 Å². The first-order valence-corrected chi connectivity index (χ1v) is 6.39. The Morgan fingerprint density at radius 3 is 2.82 bits per heavy atom. The summed E-state index contributed by atoms with van der Waals surface area (Å²) in [5, 5.41) is 13.4. The minimum atomic E-state index is -0.941. The Hall–Kier alpha value is -3.03. The van der Waals surface area contributed by atoms with Gasteiger partial charge in [-0.3, -0.25) is 0 Å². The molecule has 112 valence electrons. The predicted molar refractivity (Wildman–Crippen MR) is 75.5 cm³/mol. The second-order valence-electron chi connectivity index (χ2n) is 4.35. The third-order valence-electron chi connectivity index (χ3n) is 2.75. The van der Waals surface area contributed by atoms with E-state index in [4.69, 9.17) is 4.42 Å². The first-order valence-electron chi connectivity index (χ1n) is 6.39. The number of rotatable bonds is 5. The number of benzene rings is 1. The molecule has 6 nitrogen and oxygen atoms in total. The molecule has 2 heterocycles. The summed E-state index contributed by atoms with van der Waals surface area (Å²) in [6.45, 7) is 0.406. The molecule has 3 aromatic rings. The number of furan rings is 1. The van der Waals surface area contributed by atoms with E-state index in [1.54, 1.807) is 12.3 Å². The smallest absolute Gasteiger partial charge is 0.245 e. The van der Waals surface area contributed by atoms with Crippen LogP contribution in [0.2, 0.25) is 0 Å². The number of nitrogens with one attached hydrogen (secondary N) is 2. The number of nitrogens with zero attached hydrogens (tertiary/aromatic N) is 3. The highest BCUT2D eigenvalue weighted by atomic mass is 19.2. The van der Waals surface area contributed by atoms with E-state index in [1.165, 1.54) is 12.3 Å². The van der Waals surface area contributed by atoms with Gasteiger partial charge >= 0.3 is 0 Å². The van der Waals surface area contributed by atoms with Crippen LogP contribution in [0.15, 0.2) is 47.2 Å². The van der Waals surface area contributed by atoms with Crippen molar-refractivity contribution in [3.63, 3.8) is 0 Å². The average molecular weight is 303 g/mol.